The number of aromatic nitrogens is 1. The number of ether oxygens (including phenoxy) is 3. The summed E-state index contributed by atoms with van der Waals surface area (Å²) in [6.07, 6.45) is 3.43. The number of esters is 2. The average molecular weight is 807 g/mol. The predicted octanol–water partition coefficient (Wildman–Crippen LogP) is 5.17. The average Bonchev–Trinajstić information content (AvgIpc) is 3.08. The zero-order valence-electron chi connectivity index (χ0n) is 30.1. The van der Waals surface area contributed by atoms with Gasteiger partial charge in [-0.2, -0.15) is 8.78 Å². The smallest absolute Gasteiger partial charge is 0.345 e. The highest BCUT2D eigenvalue weighted by Crippen LogP contribution is 2.27. The van der Waals surface area contributed by atoms with Crippen LogP contribution in [0.15, 0.2) is 36.4 Å². The zero-order chi connectivity index (χ0) is 39.7. The van der Waals surface area contributed by atoms with E-state index in [4.69, 9.17) is 44.3 Å². The molecule has 3 unspecified atom stereocenters. The maximum atomic E-state index is 13.6. The first-order valence-corrected chi connectivity index (χ1v) is 17.9. The van der Waals surface area contributed by atoms with Gasteiger partial charge in [0.15, 0.2) is 0 Å². The Bertz CT molecular complexity index is 1670. The molecule has 1 aliphatic heterocycles. The van der Waals surface area contributed by atoms with E-state index in [1.807, 2.05) is 24.3 Å². The maximum absolute atomic E-state index is 13.6. The van der Waals surface area contributed by atoms with Crippen molar-refractivity contribution in [3.63, 3.8) is 0 Å². The van der Waals surface area contributed by atoms with Crippen molar-refractivity contribution in [2.24, 2.45) is 11.3 Å². The Morgan fingerprint density at radius 2 is 1.75 bits per heavy atom. The van der Waals surface area contributed by atoms with Crippen LogP contribution in [0.3, 0.4) is 0 Å². The number of carbonyl (C=O) groups excluding carboxylic acids is 5. The fraction of sp³-hybridized carbons (Fsp3) is 0.543. The number of fused-ring (bicyclic) bond motifs is 1. The maximum Gasteiger partial charge on any atom is 0.345 e. The minimum absolute atomic E-state index is 0.0703. The van der Waals surface area contributed by atoms with Crippen molar-refractivity contribution < 1.29 is 47.0 Å². The topological polar surface area (TPSA) is 165 Å². The number of rotatable bonds is 15. The molecular formula is C35H44Cl3F2N5O8. The van der Waals surface area contributed by atoms with Gasteiger partial charge in [-0.15, -0.1) is 0 Å². The van der Waals surface area contributed by atoms with E-state index in [1.165, 1.54) is 6.92 Å². The van der Waals surface area contributed by atoms with Crippen molar-refractivity contribution in [2.75, 3.05) is 19.8 Å². The summed E-state index contributed by atoms with van der Waals surface area (Å²) in [6, 6.07) is 5.35. The van der Waals surface area contributed by atoms with Crippen LogP contribution in [0.2, 0.25) is 0 Å². The van der Waals surface area contributed by atoms with Gasteiger partial charge in [0.05, 0.1) is 23.2 Å². The molecule has 3 rings (SSSR count). The minimum Gasteiger partial charge on any atom is -0.460 e. The standard InChI is InChI=1S/C35H44Cl3F2N5O8/c1-19(2)28(29(47)42-27(17-51-33(39)40)30(48)45-15-7-8-25(44-45)31(49)52-18-35(36,37)38)43-32(50)34(5,6)14-13-22-9-10-23-11-12-24(41-26(23)16-22)20(3)53-21(4)46/h9-14,16,19-20,25,27-28,33,44H,7-8,15,17-18H2,1-6H3,(H,42,47)(H,43,50)/t20-,25?,27?,28?/m1/s1. The van der Waals surface area contributed by atoms with Gasteiger partial charge in [-0.3, -0.25) is 29.0 Å². The van der Waals surface area contributed by atoms with E-state index < -0.39 is 88.8 Å². The molecule has 1 saturated heterocycles. The van der Waals surface area contributed by atoms with Crippen LogP contribution in [0.5, 0.6) is 0 Å². The monoisotopic (exact) mass is 805 g/mol. The molecule has 0 spiro atoms. The Hall–Kier alpha value is -3.63. The van der Waals surface area contributed by atoms with Crippen molar-refractivity contribution in [2.45, 2.75) is 89.0 Å². The Kier molecular flexibility index (Phi) is 15.8. The van der Waals surface area contributed by atoms with Crippen molar-refractivity contribution >= 4 is 81.4 Å². The van der Waals surface area contributed by atoms with E-state index in [1.54, 1.807) is 52.8 Å². The molecule has 4 atom stereocenters. The Morgan fingerprint density at radius 1 is 1.08 bits per heavy atom. The first kappa shape index (κ1) is 43.8. The lowest BCUT2D eigenvalue weighted by atomic mass is 9.89. The quantitative estimate of drug-likeness (QED) is 0.162. The fourth-order valence-corrected chi connectivity index (χ4v) is 5.36. The predicted molar refractivity (Wildman–Crippen MR) is 195 cm³/mol. The lowest BCUT2D eigenvalue weighted by molar-refractivity contribution is -0.159. The normalized spacial score (nSPS) is 17.1. The number of carbonyl (C=O) groups is 5. The highest BCUT2D eigenvalue weighted by molar-refractivity contribution is 6.67. The van der Waals surface area contributed by atoms with Gasteiger partial charge in [-0.1, -0.05) is 79.0 Å². The number of nitrogens with zero attached hydrogens (tertiary/aromatic N) is 2. The van der Waals surface area contributed by atoms with E-state index in [2.05, 4.69) is 25.8 Å². The van der Waals surface area contributed by atoms with Crippen LogP contribution in [-0.2, 0) is 38.2 Å². The molecule has 53 heavy (non-hydrogen) atoms. The summed E-state index contributed by atoms with van der Waals surface area (Å²) < 4.78 is 38.9. The molecule has 3 amide bonds. The third-order valence-electron chi connectivity index (χ3n) is 8.13. The van der Waals surface area contributed by atoms with Crippen molar-refractivity contribution in [3.05, 3.63) is 47.7 Å². The number of hydrogen-bond donors (Lipinski definition) is 3. The van der Waals surface area contributed by atoms with E-state index in [-0.39, 0.29) is 13.0 Å². The second kappa shape index (κ2) is 19.1. The zero-order valence-corrected chi connectivity index (χ0v) is 32.4. The molecule has 2 heterocycles. The molecule has 0 aliphatic carbocycles. The molecule has 3 N–H and O–H groups in total. The van der Waals surface area contributed by atoms with Gasteiger partial charge in [0.2, 0.25) is 15.6 Å². The van der Waals surface area contributed by atoms with Gasteiger partial charge < -0.3 is 24.8 Å². The number of benzene rings is 1. The van der Waals surface area contributed by atoms with E-state index in [0.717, 1.165) is 16.0 Å². The van der Waals surface area contributed by atoms with Gasteiger partial charge in [0.1, 0.15) is 30.8 Å². The molecule has 1 aliphatic rings. The first-order valence-electron chi connectivity index (χ1n) is 16.8. The van der Waals surface area contributed by atoms with Crippen LogP contribution in [0, 0.1) is 11.3 Å². The molecule has 1 fully saturated rings. The number of nitrogens with one attached hydrogen (secondary N) is 3. The molecule has 0 bridgehead atoms. The van der Waals surface area contributed by atoms with Crippen LogP contribution in [0.1, 0.15) is 71.7 Å². The summed E-state index contributed by atoms with van der Waals surface area (Å²) in [7, 11) is 0. The first-order chi connectivity index (χ1) is 24.7. The van der Waals surface area contributed by atoms with Crippen LogP contribution in [0.25, 0.3) is 17.0 Å². The largest absolute Gasteiger partial charge is 0.460 e. The molecule has 292 valence electrons. The molecule has 2 aromatic rings. The molecule has 0 radical (unpaired) electrons. The number of hydrazine groups is 1. The summed E-state index contributed by atoms with van der Waals surface area (Å²) in [5, 5.41) is 7.01. The third kappa shape index (κ3) is 13.6. The van der Waals surface area contributed by atoms with Crippen LogP contribution in [-0.4, -0.2) is 87.9 Å². The minimum atomic E-state index is -3.25. The van der Waals surface area contributed by atoms with E-state index in [9.17, 15) is 32.8 Å². The summed E-state index contributed by atoms with van der Waals surface area (Å²) in [5.41, 5.74) is 3.48. The second-order valence-corrected chi connectivity index (χ2v) is 15.9. The van der Waals surface area contributed by atoms with Crippen LogP contribution in [0.4, 0.5) is 8.78 Å². The Morgan fingerprint density at radius 3 is 2.38 bits per heavy atom. The fourth-order valence-electron chi connectivity index (χ4n) is 5.19. The van der Waals surface area contributed by atoms with Gasteiger partial charge in [-0.05, 0) is 57.2 Å². The van der Waals surface area contributed by atoms with Gasteiger partial charge in [0.25, 0.3) is 5.91 Å². The summed E-state index contributed by atoms with van der Waals surface area (Å²) in [4.78, 5) is 69.1. The highest BCUT2D eigenvalue weighted by atomic mass is 35.6. The lowest BCUT2D eigenvalue weighted by Gasteiger charge is -2.35. The Balaban J connectivity index is 1.72. The molecular weight excluding hydrogens is 763 g/mol. The number of amides is 3. The van der Waals surface area contributed by atoms with Gasteiger partial charge in [-0.25, -0.2) is 10.4 Å². The summed E-state index contributed by atoms with van der Waals surface area (Å²) >= 11 is 16.9. The molecule has 13 nitrogen and oxygen atoms in total. The number of alkyl halides is 5. The SMILES string of the molecule is CC(=O)O[C@H](C)c1ccc2ccc(C=CC(C)(C)C(=O)NC(C(=O)NC(COC(F)F)C(=O)N3CCCC(C(=O)OCC(Cl)(Cl)Cl)N3)C(C)C)cc2n1. The molecule has 1 aromatic carbocycles. The Labute approximate surface area is 321 Å². The highest BCUT2D eigenvalue weighted by Gasteiger charge is 2.37. The molecule has 0 saturated carbocycles. The second-order valence-electron chi connectivity index (χ2n) is 13.4. The van der Waals surface area contributed by atoms with E-state index >= 15 is 0 Å². The lowest BCUT2D eigenvalue weighted by Crippen LogP contribution is -2.62. The van der Waals surface area contributed by atoms with Crippen LogP contribution >= 0.6 is 34.8 Å². The number of pyridine rings is 1. The van der Waals surface area contributed by atoms with Gasteiger partial charge in [0, 0.05) is 18.9 Å². The van der Waals surface area contributed by atoms with Crippen molar-refractivity contribution in [1.29, 1.82) is 0 Å². The molecule has 18 heteroatoms. The van der Waals surface area contributed by atoms with Crippen molar-refractivity contribution in [3.8, 4) is 0 Å². The number of hydrogen-bond acceptors (Lipinski definition) is 10. The van der Waals surface area contributed by atoms with Crippen molar-refractivity contribution in [1.82, 2.24) is 26.1 Å². The number of halogens is 5. The van der Waals surface area contributed by atoms with E-state index in [0.29, 0.717) is 17.6 Å². The van der Waals surface area contributed by atoms with Gasteiger partial charge >= 0.3 is 18.6 Å². The summed E-state index contributed by atoms with van der Waals surface area (Å²) in [5.74, 6) is -3.94. The van der Waals surface area contributed by atoms with Crippen LogP contribution < -0.4 is 16.1 Å². The third-order valence-corrected chi connectivity index (χ3v) is 8.46. The molecule has 1 aromatic heterocycles. The summed E-state index contributed by atoms with van der Waals surface area (Å²) in [6.45, 7) is 5.04.